The Hall–Kier alpha value is -1.35. The summed E-state index contributed by atoms with van der Waals surface area (Å²) in [5, 5.41) is 9.06. The Labute approximate surface area is 116 Å². The van der Waals surface area contributed by atoms with E-state index in [0.717, 1.165) is 12.8 Å². The lowest BCUT2D eigenvalue weighted by Gasteiger charge is -2.33. The summed E-state index contributed by atoms with van der Waals surface area (Å²) >= 11 is 0. The fraction of sp³-hybridized carbons (Fsp3) is 0.562. The van der Waals surface area contributed by atoms with E-state index in [2.05, 4.69) is 52.0 Å². The van der Waals surface area contributed by atoms with Gasteiger partial charge in [-0.15, -0.1) is 0 Å². The van der Waals surface area contributed by atoms with Gasteiger partial charge in [0.05, 0.1) is 6.54 Å². The first kappa shape index (κ1) is 15.7. The van der Waals surface area contributed by atoms with Crippen molar-refractivity contribution in [3.8, 4) is 0 Å². The first-order valence-corrected chi connectivity index (χ1v) is 7.05. The van der Waals surface area contributed by atoms with E-state index in [1.165, 1.54) is 11.1 Å². The van der Waals surface area contributed by atoms with Crippen molar-refractivity contribution in [1.29, 1.82) is 0 Å². The molecule has 3 heteroatoms. The fourth-order valence-electron chi connectivity index (χ4n) is 2.29. The Morgan fingerprint density at radius 2 is 1.79 bits per heavy atom. The van der Waals surface area contributed by atoms with Gasteiger partial charge in [-0.2, -0.15) is 0 Å². The maximum atomic E-state index is 11.0. The van der Waals surface area contributed by atoms with Gasteiger partial charge in [0.15, 0.2) is 0 Å². The number of hydrogen-bond donors (Lipinski definition) is 1. The summed E-state index contributed by atoms with van der Waals surface area (Å²) in [6.45, 7) is 8.47. The summed E-state index contributed by atoms with van der Waals surface area (Å²) < 4.78 is 0. The van der Waals surface area contributed by atoms with Gasteiger partial charge in [-0.1, -0.05) is 38.1 Å². The number of carboxylic acid groups (broad SMARTS) is 1. The fourth-order valence-corrected chi connectivity index (χ4v) is 2.29. The zero-order valence-electron chi connectivity index (χ0n) is 12.4. The van der Waals surface area contributed by atoms with E-state index in [4.69, 9.17) is 5.11 Å². The second-order valence-corrected chi connectivity index (χ2v) is 5.09. The van der Waals surface area contributed by atoms with Crippen LogP contribution in [-0.2, 0) is 11.2 Å². The van der Waals surface area contributed by atoms with Crippen molar-refractivity contribution in [3.05, 3.63) is 35.4 Å². The topological polar surface area (TPSA) is 40.5 Å². The second kappa shape index (κ2) is 7.29. The van der Waals surface area contributed by atoms with E-state index >= 15 is 0 Å². The minimum atomic E-state index is -0.766. The van der Waals surface area contributed by atoms with Crippen LogP contribution in [0.5, 0.6) is 0 Å². The first-order chi connectivity index (χ1) is 8.99. The lowest BCUT2D eigenvalue weighted by atomic mass is 10.0. The van der Waals surface area contributed by atoms with Crippen LogP contribution < -0.4 is 0 Å². The Bertz CT molecular complexity index is 400. The molecule has 0 amide bonds. The minimum absolute atomic E-state index is 0.0890. The molecule has 1 N–H and O–H groups in total. The van der Waals surface area contributed by atoms with Gasteiger partial charge in [0.25, 0.3) is 0 Å². The van der Waals surface area contributed by atoms with Gasteiger partial charge in [-0.05, 0) is 37.8 Å². The van der Waals surface area contributed by atoms with Crippen molar-refractivity contribution in [1.82, 2.24) is 4.90 Å². The molecule has 0 fully saturated rings. The summed E-state index contributed by atoms with van der Waals surface area (Å²) in [5.74, 6) is -0.766. The molecule has 0 saturated carbocycles. The predicted octanol–water partition coefficient (Wildman–Crippen LogP) is 3.50. The zero-order chi connectivity index (χ0) is 14.4. The van der Waals surface area contributed by atoms with Crippen molar-refractivity contribution in [2.45, 2.75) is 52.6 Å². The van der Waals surface area contributed by atoms with Crippen LogP contribution in [0.3, 0.4) is 0 Å². The quantitative estimate of drug-likeness (QED) is 0.818. The molecule has 1 aromatic carbocycles. The highest BCUT2D eigenvalue weighted by atomic mass is 16.4. The highest BCUT2D eigenvalue weighted by Crippen LogP contribution is 2.23. The molecule has 0 aliphatic rings. The predicted molar refractivity (Wildman–Crippen MR) is 78.3 cm³/mol. The first-order valence-electron chi connectivity index (χ1n) is 7.05. The Morgan fingerprint density at radius 3 is 2.21 bits per heavy atom. The van der Waals surface area contributed by atoms with Crippen LogP contribution in [-0.4, -0.2) is 28.6 Å². The number of hydrogen-bond acceptors (Lipinski definition) is 2. The van der Waals surface area contributed by atoms with Gasteiger partial charge in [0.2, 0.25) is 0 Å². The highest BCUT2D eigenvalue weighted by molar-refractivity contribution is 5.69. The van der Waals surface area contributed by atoms with Crippen molar-refractivity contribution < 1.29 is 9.90 Å². The van der Waals surface area contributed by atoms with Gasteiger partial charge < -0.3 is 5.11 Å². The molecule has 2 atom stereocenters. The van der Waals surface area contributed by atoms with Crippen LogP contribution in [0.4, 0.5) is 0 Å². The standard InChI is InChI=1S/C16H25NO2/c1-5-12(3)17(11-16(18)19)13(4)15-9-7-14(6-2)8-10-15/h7-10,12-13H,5-6,11H2,1-4H3,(H,18,19). The molecule has 0 radical (unpaired) electrons. The second-order valence-electron chi connectivity index (χ2n) is 5.09. The normalized spacial score (nSPS) is 14.4. The van der Waals surface area contributed by atoms with Crippen molar-refractivity contribution in [2.75, 3.05) is 6.54 Å². The zero-order valence-corrected chi connectivity index (χ0v) is 12.4. The Balaban J connectivity index is 2.90. The molecule has 1 aromatic rings. The number of benzene rings is 1. The highest BCUT2D eigenvalue weighted by Gasteiger charge is 2.22. The molecule has 0 aliphatic heterocycles. The Morgan fingerprint density at radius 1 is 1.21 bits per heavy atom. The lowest BCUT2D eigenvalue weighted by molar-refractivity contribution is -0.139. The SMILES string of the molecule is CCc1ccc(C(C)N(CC(=O)O)C(C)CC)cc1. The average Bonchev–Trinajstić information content (AvgIpc) is 2.43. The minimum Gasteiger partial charge on any atom is -0.480 e. The number of nitrogens with zero attached hydrogens (tertiary/aromatic N) is 1. The summed E-state index contributed by atoms with van der Waals surface area (Å²) in [6, 6.07) is 8.86. The van der Waals surface area contributed by atoms with Crippen molar-refractivity contribution >= 4 is 5.97 Å². The molecular weight excluding hydrogens is 238 g/mol. The van der Waals surface area contributed by atoms with Gasteiger partial charge in [-0.3, -0.25) is 9.69 Å². The van der Waals surface area contributed by atoms with Crippen molar-refractivity contribution in [2.24, 2.45) is 0 Å². The third kappa shape index (κ3) is 4.35. The lowest BCUT2D eigenvalue weighted by Crippen LogP contribution is -2.39. The molecule has 3 nitrogen and oxygen atoms in total. The molecule has 0 bridgehead atoms. The number of aryl methyl sites for hydroxylation is 1. The van der Waals surface area contributed by atoms with Crippen LogP contribution in [0.25, 0.3) is 0 Å². The number of carboxylic acids is 1. The van der Waals surface area contributed by atoms with E-state index in [0.29, 0.717) is 0 Å². The number of rotatable bonds is 7. The number of carbonyl (C=O) groups is 1. The molecule has 0 saturated heterocycles. The molecule has 0 spiro atoms. The molecule has 0 aromatic heterocycles. The van der Waals surface area contributed by atoms with Gasteiger partial charge in [0.1, 0.15) is 0 Å². The summed E-state index contributed by atoms with van der Waals surface area (Å²) in [7, 11) is 0. The average molecular weight is 263 g/mol. The summed E-state index contributed by atoms with van der Waals surface area (Å²) in [5.41, 5.74) is 2.49. The third-order valence-electron chi connectivity index (χ3n) is 3.84. The third-order valence-corrected chi connectivity index (χ3v) is 3.84. The molecule has 19 heavy (non-hydrogen) atoms. The van der Waals surface area contributed by atoms with Gasteiger partial charge in [0, 0.05) is 12.1 Å². The smallest absolute Gasteiger partial charge is 0.317 e. The van der Waals surface area contributed by atoms with Gasteiger partial charge in [-0.25, -0.2) is 0 Å². The van der Waals surface area contributed by atoms with E-state index in [-0.39, 0.29) is 18.6 Å². The van der Waals surface area contributed by atoms with E-state index in [1.807, 2.05) is 4.90 Å². The monoisotopic (exact) mass is 263 g/mol. The van der Waals surface area contributed by atoms with Crippen LogP contribution >= 0.6 is 0 Å². The van der Waals surface area contributed by atoms with Crippen LogP contribution in [0, 0.1) is 0 Å². The largest absolute Gasteiger partial charge is 0.480 e. The van der Waals surface area contributed by atoms with Crippen LogP contribution in [0.2, 0.25) is 0 Å². The molecule has 2 unspecified atom stereocenters. The molecule has 1 rings (SSSR count). The van der Waals surface area contributed by atoms with E-state index < -0.39 is 5.97 Å². The molecule has 106 valence electrons. The summed E-state index contributed by atoms with van der Waals surface area (Å²) in [4.78, 5) is 13.1. The van der Waals surface area contributed by atoms with E-state index in [9.17, 15) is 4.79 Å². The molecule has 0 heterocycles. The summed E-state index contributed by atoms with van der Waals surface area (Å²) in [6.07, 6.45) is 1.98. The number of aliphatic carboxylic acids is 1. The van der Waals surface area contributed by atoms with Crippen molar-refractivity contribution in [3.63, 3.8) is 0 Å². The Kier molecular flexibility index (Phi) is 6.03. The van der Waals surface area contributed by atoms with Crippen LogP contribution in [0.1, 0.15) is 51.3 Å². The maximum Gasteiger partial charge on any atom is 0.317 e. The maximum absolute atomic E-state index is 11.0. The van der Waals surface area contributed by atoms with Gasteiger partial charge >= 0.3 is 5.97 Å². The van der Waals surface area contributed by atoms with E-state index in [1.54, 1.807) is 0 Å². The van der Waals surface area contributed by atoms with Crippen LogP contribution in [0.15, 0.2) is 24.3 Å². The molecular formula is C16H25NO2. The molecule has 0 aliphatic carbocycles.